The number of carbonyl (C=O) groups excluding carboxylic acids is 7. The van der Waals surface area contributed by atoms with Gasteiger partial charge < -0.3 is 51.8 Å². The summed E-state index contributed by atoms with van der Waals surface area (Å²) in [7, 11) is 0. The lowest BCUT2D eigenvalue weighted by atomic mass is 9.76. The molecule has 25 heteroatoms. The van der Waals surface area contributed by atoms with Crippen LogP contribution in [0.25, 0.3) is 20.9 Å². The zero-order valence-corrected chi connectivity index (χ0v) is 56.7. The first-order chi connectivity index (χ1) is 43.5. The molecule has 0 unspecified atom stereocenters. The number of nitrogens with zero attached hydrogens (tertiary/aromatic N) is 4. The first-order valence-corrected chi connectivity index (χ1v) is 33.1. The molecule has 4 heterocycles. The van der Waals surface area contributed by atoms with Crippen molar-refractivity contribution < 1.29 is 61.7 Å². The van der Waals surface area contributed by atoms with E-state index in [1.54, 1.807) is 34.3 Å². The Morgan fingerprint density at radius 3 is 1.63 bits per heavy atom. The van der Waals surface area contributed by atoms with Gasteiger partial charge in [-0.3, -0.25) is 33.6 Å². The highest BCUT2D eigenvalue weighted by Crippen LogP contribution is 2.36. The van der Waals surface area contributed by atoms with Crippen molar-refractivity contribution in [3.8, 4) is 20.9 Å². The Bertz CT molecular complexity index is 3580. The molecule has 4 aromatic carbocycles. The summed E-state index contributed by atoms with van der Waals surface area (Å²) < 4.78 is 49.3. The van der Waals surface area contributed by atoms with Crippen molar-refractivity contribution in [2.45, 2.75) is 125 Å². The first-order valence-electron chi connectivity index (χ1n) is 30.3. The number of nitrogens with two attached hydrogens (primary N) is 1. The van der Waals surface area contributed by atoms with Crippen LogP contribution in [-0.4, -0.2) is 141 Å². The van der Waals surface area contributed by atoms with E-state index < -0.39 is 82.5 Å². The molecule has 2 aliphatic rings. The van der Waals surface area contributed by atoms with Crippen LogP contribution in [0.3, 0.4) is 0 Å². The summed E-state index contributed by atoms with van der Waals surface area (Å²) in [5.41, 5.74) is 13.0. The molecule has 0 aliphatic carbocycles. The van der Waals surface area contributed by atoms with Gasteiger partial charge in [0.05, 0.1) is 68.8 Å². The molecule has 0 radical (unpaired) electrons. The number of hydrogen-bond donors (Lipinski definition) is 7. The summed E-state index contributed by atoms with van der Waals surface area (Å²) in [5.74, 6) is -7.03. The topological polar surface area (TPSA) is 276 Å². The van der Waals surface area contributed by atoms with E-state index in [1.807, 2.05) is 132 Å². The molecule has 8 N–H and O–H groups in total. The third-order valence-electron chi connectivity index (χ3n) is 16.1. The highest BCUT2D eigenvalue weighted by Gasteiger charge is 2.46. The van der Waals surface area contributed by atoms with E-state index in [0.717, 1.165) is 55.5 Å². The van der Waals surface area contributed by atoms with Crippen LogP contribution < -0.4 is 27.0 Å². The number of amides is 4. The van der Waals surface area contributed by atoms with Crippen LogP contribution in [0.5, 0.6) is 0 Å². The molecule has 19 nitrogen and oxygen atoms in total. The maximum Gasteiger partial charge on any atom is 0.243 e. The van der Waals surface area contributed by atoms with E-state index >= 15 is 0 Å². The Kier molecular flexibility index (Phi) is 25.9. The number of anilines is 2. The Balaban J connectivity index is 0.000000299. The lowest BCUT2D eigenvalue weighted by Gasteiger charge is -2.34. The molecule has 2 fully saturated rings. The van der Waals surface area contributed by atoms with E-state index in [1.165, 1.54) is 21.9 Å². The molecule has 6 aromatic rings. The Morgan fingerprint density at radius 2 is 1.18 bits per heavy atom. The highest BCUT2D eigenvalue weighted by atomic mass is 127. The number of halogens is 4. The quantitative estimate of drug-likeness (QED) is 0.0151. The van der Waals surface area contributed by atoms with E-state index in [0.29, 0.717) is 23.1 Å². The van der Waals surface area contributed by atoms with E-state index in [4.69, 9.17) is 10.5 Å². The molecular formula is C67H81F3IN9O10S2. The number of aliphatic hydroxyl groups is 2. The number of ketones is 3. The number of hydrogen-bond acceptors (Lipinski definition) is 17. The molecule has 92 heavy (non-hydrogen) atoms. The van der Waals surface area contributed by atoms with Crippen molar-refractivity contribution in [3.05, 3.63) is 139 Å². The van der Waals surface area contributed by atoms with Crippen molar-refractivity contribution in [1.29, 1.82) is 0 Å². The van der Waals surface area contributed by atoms with Crippen LogP contribution in [0.15, 0.2) is 89.9 Å². The molecular weight excluding hydrogens is 1340 g/mol. The van der Waals surface area contributed by atoms with Crippen LogP contribution in [0.4, 0.5) is 24.5 Å². The fraction of sp³-hybridized carbons (Fsp3) is 0.448. The third kappa shape index (κ3) is 19.6. The number of benzene rings is 4. The number of rotatable bonds is 26. The van der Waals surface area contributed by atoms with E-state index in [2.05, 4.69) is 31.2 Å². The minimum Gasteiger partial charge on any atom is -0.391 e. The Morgan fingerprint density at radius 1 is 0.696 bits per heavy atom. The number of likely N-dealkylation sites (tertiary alicyclic amines) is 2. The molecule has 4 amide bonds. The van der Waals surface area contributed by atoms with E-state index in [9.17, 15) is 56.9 Å². The molecule has 6 atom stereocenters. The van der Waals surface area contributed by atoms with Crippen molar-refractivity contribution in [2.75, 3.05) is 51.3 Å². The number of aromatic nitrogens is 2. The Labute approximate surface area is 556 Å². The maximum atomic E-state index is 14.7. The van der Waals surface area contributed by atoms with Crippen molar-refractivity contribution in [1.82, 2.24) is 35.7 Å². The average Bonchev–Trinajstić information content (AvgIpc) is 1.48. The second-order valence-electron chi connectivity index (χ2n) is 25.2. The molecule has 2 aliphatic heterocycles. The zero-order valence-electron chi connectivity index (χ0n) is 52.9. The van der Waals surface area contributed by atoms with Gasteiger partial charge in [-0.1, -0.05) is 90.1 Å². The normalized spacial score (nSPS) is 17.2. The summed E-state index contributed by atoms with van der Waals surface area (Å²) in [6.45, 7) is 15.6. The number of aliphatic hydroxyl groups excluding tert-OH is 2. The van der Waals surface area contributed by atoms with Crippen LogP contribution >= 0.6 is 45.3 Å². The SMILES string of the molecule is Cc1ncsc1-c1ccc(CNC(=O)[C@@H]2C[C@@H](O)CN2C(=O)[C@@H](CC(=O)CN)C(C)(C)C)cc1.Cc1ncsc1-c1ccc(CNC(=O)[C@@H]2C[C@@H](O)CN2C(=O)[C@@H](CC(=O)CNCCCOCC(=O)c2ccc(F)c(F)c2Nc2ccc(I)cc2F)C(C)(C)C)cc1. The van der Waals surface area contributed by atoms with Gasteiger partial charge in [-0.25, -0.2) is 23.1 Å². The van der Waals surface area contributed by atoms with Gasteiger partial charge in [-0.2, -0.15) is 0 Å². The molecule has 2 aromatic heterocycles. The number of nitrogens with one attached hydrogen (secondary N) is 4. The second kappa shape index (κ2) is 32.8. The maximum absolute atomic E-state index is 14.7. The van der Waals surface area contributed by atoms with Gasteiger partial charge in [0.25, 0.3) is 0 Å². The number of aryl methyl sites for hydroxylation is 2. The average molecular weight is 1420 g/mol. The van der Waals surface area contributed by atoms with E-state index in [-0.39, 0.29) is 111 Å². The van der Waals surface area contributed by atoms with Gasteiger partial charge in [0.1, 0.15) is 36.1 Å². The largest absolute Gasteiger partial charge is 0.391 e. The van der Waals surface area contributed by atoms with Gasteiger partial charge in [-0.05, 0) is 113 Å². The molecule has 0 bridgehead atoms. The van der Waals surface area contributed by atoms with Gasteiger partial charge in [0, 0.05) is 79.4 Å². The predicted molar refractivity (Wildman–Crippen MR) is 356 cm³/mol. The predicted octanol–water partition coefficient (Wildman–Crippen LogP) is 9.24. The molecule has 2 saturated heterocycles. The first kappa shape index (κ1) is 72.6. The van der Waals surface area contributed by atoms with Crippen molar-refractivity contribution in [3.63, 3.8) is 0 Å². The summed E-state index contributed by atoms with van der Waals surface area (Å²) in [6, 6.07) is 20.1. The Hall–Kier alpha value is -6.85. The summed E-state index contributed by atoms with van der Waals surface area (Å²) >= 11 is 5.05. The number of β-amino-alcohol motifs (C(OH)–C–C–N with tert-alkyl or cyclic N) is 2. The van der Waals surface area contributed by atoms with Crippen molar-refractivity contribution >= 4 is 97.6 Å². The van der Waals surface area contributed by atoms with Crippen LogP contribution in [0, 0.1) is 57.5 Å². The second-order valence-corrected chi connectivity index (χ2v) is 28.2. The number of carbonyl (C=O) groups is 7. The molecule has 0 spiro atoms. The monoisotopic (exact) mass is 1420 g/mol. The summed E-state index contributed by atoms with van der Waals surface area (Å²) in [6.07, 6.45) is -1.06. The van der Waals surface area contributed by atoms with Crippen LogP contribution in [0.1, 0.15) is 107 Å². The summed E-state index contributed by atoms with van der Waals surface area (Å²) in [5, 5.41) is 32.1. The minimum atomic E-state index is -1.33. The summed E-state index contributed by atoms with van der Waals surface area (Å²) in [4.78, 5) is 105. The lowest BCUT2D eigenvalue weighted by Crippen LogP contribution is -2.50. The smallest absolute Gasteiger partial charge is 0.243 e. The minimum absolute atomic E-state index is 0.0136. The fourth-order valence-corrected chi connectivity index (χ4v) is 12.9. The standard InChI is InChI=1S/C42H47F3IN5O6S.C25H34N4O4S/c1-24-39(58-23-49-24)26-8-6-25(7-9-26)19-48-40(55)35-18-29(53)21-51(35)41(56)31(42(2,3)4)17-28(52)20-47-14-5-15-57-22-36(54)30-11-12-32(43)37(45)38(30)50-34-13-10-27(46)16-33(34)44;1-15-22(34-14-28-15)17-7-5-16(6-8-17)12-27-23(32)21-10-19(31)13-29(21)24(33)20(25(2,3)4)9-18(30)11-26/h6-13,16,23,29,31,35,47,50,53H,5,14-15,17-22H2,1-4H3,(H,48,55);5-8,14,19-21,31H,9-13,26H2,1-4H3,(H,27,32)/t29-,31-,35+;19-,20-,21+/m11/s1. The van der Waals surface area contributed by atoms with Crippen LogP contribution in [-0.2, 0) is 46.6 Å². The molecule has 8 rings (SSSR count). The number of ether oxygens (including phenoxy) is 1. The highest BCUT2D eigenvalue weighted by molar-refractivity contribution is 14.1. The van der Waals surface area contributed by atoms with Gasteiger partial charge >= 0.3 is 0 Å². The lowest BCUT2D eigenvalue weighted by molar-refractivity contribution is -0.146. The van der Waals surface area contributed by atoms with Crippen LogP contribution in [0.2, 0.25) is 0 Å². The zero-order chi connectivity index (χ0) is 67.2. The van der Waals surface area contributed by atoms with Gasteiger partial charge in [0.2, 0.25) is 23.6 Å². The fourth-order valence-electron chi connectivity index (χ4n) is 10.9. The third-order valence-corrected chi connectivity index (χ3v) is 18.8. The number of thiazole rings is 2. The van der Waals surface area contributed by atoms with Gasteiger partial charge in [-0.15, -0.1) is 22.7 Å². The molecule has 494 valence electrons. The molecule has 0 saturated carbocycles. The van der Waals surface area contributed by atoms with Gasteiger partial charge in [0.15, 0.2) is 17.4 Å². The number of Topliss-reactive ketones (excluding diaryl/α,β-unsaturated/α-hetero) is 3. The van der Waals surface area contributed by atoms with Crippen molar-refractivity contribution in [2.24, 2.45) is 28.4 Å².